The van der Waals surface area contributed by atoms with Crippen molar-refractivity contribution < 1.29 is 0 Å². The predicted octanol–water partition coefficient (Wildman–Crippen LogP) is 3.26. The molecule has 0 spiro atoms. The summed E-state index contributed by atoms with van der Waals surface area (Å²) in [5.41, 5.74) is 2.80. The summed E-state index contributed by atoms with van der Waals surface area (Å²) in [6.45, 7) is 8.25. The van der Waals surface area contributed by atoms with Crippen molar-refractivity contribution in [2.75, 3.05) is 42.5 Å². The first-order valence-corrected chi connectivity index (χ1v) is 8.70. The summed E-state index contributed by atoms with van der Waals surface area (Å²) in [4.78, 5) is 5.07. The molecule has 1 N–H and O–H groups in total. The quantitative estimate of drug-likeness (QED) is 0.920. The number of hydrogen-bond acceptors (Lipinski definition) is 3. The van der Waals surface area contributed by atoms with Crippen molar-refractivity contribution in [3.05, 3.63) is 24.3 Å². The molecule has 2 heterocycles. The third kappa shape index (κ3) is 3.70. The lowest BCUT2D eigenvalue weighted by molar-refractivity contribution is 0.439. The van der Waals surface area contributed by atoms with Gasteiger partial charge in [-0.25, -0.2) is 0 Å². The van der Waals surface area contributed by atoms with Crippen LogP contribution in [-0.2, 0) is 0 Å². The molecule has 2 aliphatic heterocycles. The van der Waals surface area contributed by atoms with Crippen LogP contribution in [0.4, 0.5) is 11.4 Å². The monoisotopic (exact) mass is 287 g/mol. The van der Waals surface area contributed by atoms with Crippen molar-refractivity contribution >= 4 is 11.4 Å². The molecule has 1 atom stereocenters. The number of nitrogens with one attached hydrogen (secondary N) is 1. The zero-order chi connectivity index (χ0) is 14.5. The molecular formula is C18H29N3. The van der Waals surface area contributed by atoms with E-state index >= 15 is 0 Å². The highest BCUT2D eigenvalue weighted by Gasteiger charge is 2.15. The minimum atomic E-state index is 0.691. The second-order valence-corrected chi connectivity index (χ2v) is 6.40. The van der Waals surface area contributed by atoms with E-state index in [-0.39, 0.29) is 0 Å². The third-order valence-electron chi connectivity index (χ3n) is 4.96. The molecule has 1 aromatic rings. The second-order valence-electron chi connectivity index (χ2n) is 6.40. The first kappa shape index (κ1) is 14.7. The Bertz CT molecular complexity index is 423. The third-order valence-corrected chi connectivity index (χ3v) is 4.96. The summed E-state index contributed by atoms with van der Waals surface area (Å²) < 4.78 is 0. The Labute approximate surface area is 129 Å². The van der Waals surface area contributed by atoms with E-state index in [4.69, 9.17) is 0 Å². The summed E-state index contributed by atoms with van der Waals surface area (Å²) in [5, 5.41) is 3.66. The van der Waals surface area contributed by atoms with Gasteiger partial charge in [0.25, 0.3) is 0 Å². The number of rotatable bonds is 3. The average Bonchev–Trinajstić information content (AvgIpc) is 3.02. The molecule has 0 bridgehead atoms. The van der Waals surface area contributed by atoms with Crippen molar-refractivity contribution in [3.8, 4) is 0 Å². The zero-order valence-electron chi connectivity index (χ0n) is 13.4. The molecule has 0 aliphatic carbocycles. The van der Waals surface area contributed by atoms with Crippen molar-refractivity contribution in [2.45, 2.75) is 45.1 Å². The molecule has 1 unspecified atom stereocenters. The lowest BCUT2D eigenvalue weighted by Gasteiger charge is -2.31. The Kier molecular flexibility index (Phi) is 5.02. The molecule has 21 heavy (non-hydrogen) atoms. The fraction of sp³-hybridized carbons (Fsp3) is 0.667. The molecule has 3 heteroatoms. The maximum absolute atomic E-state index is 3.66. The van der Waals surface area contributed by atoms with Gasteiger partial charge in [0.05, 0.1) is 0 Å². The van der Waals surface area contributed by atoms with E-state index in [9.17, 15) is 0 Å². The van der Waals surface area contributed by atoms with Crippen molar-refractivity contribution in [1.82, 2.24) is 5.32 Å². The Morgan fingerprint density at radius 3 is 2.10 bits per heavy atom. The summed E-state index contributed by atoms with van der Waals surface area (Å²) in [6, 6.07) is 9.97. The SMILES string of the molecule is CCC1CCN(c2ccc(N3CCCC3)cc2)CCCN1. The van der Waals surface area contributed by atoms with Gasteiger partial charge in [-0.1, -0.05) is 6.92 Å². The van der Waals surface area contributed by atoms with Gasteiger partial charge in [-0.15, -0.1) is 0 Å². The topological polar surface area (TPSA) is 18.5 Å². The van der Waals surface area contributed by atoms with Crippen LogP contribution in [0.2, 0.25) is 0 Å². The van der Waals surface area contributed by atoms with Gasteiger partial charge in [-0.2, -0.15) is 0 Å². The minimum Gasteiger partial charge on any atom is -0.372 e. The Balaban J connectivity index is 1.64. The van der Waals surface area contributed by atoms with Crippen LogP contribution in [0.5, 0.6) is 0 Å². The van der Waals surface area contributed by atoms with E-state index in [1.807, 2.05) is 0 Å². The first-order valence-electron chi connectivity index (χ1n) is 8.70. The number of anilines is 2. The van der Waals surface area contributed by atoms with Gasteiger partial charge in [0.1, 0.15) is 0 Å². The van der Waals surface area contributed by atoms with Crippen LogP contribution in [0.15, 0.2) is 24.3 Å². The van der Waals surface area contributed by atoms with Crippen LogP contribution in [0.1, 0.15) is 39.0 Å². The van der Waals surface area contributed by atoms with E-state index in [2.05, 4.69) is 46.3 Å². The Hall–Kier alpha value is -1.22. The molecule has 0 amide bonds. The summed E-state index contributed by atoms with van der Waals surface area (Å²) >= 11 is 0. The van der Waals surface area contributed by atoms with Gasteiger partial charge in [0.2, 0.25) is 0 Å². The van der Waals surface area contributed by atoms with Crippen LogP contribution >= 0.6 is 0 Å². The first-order chi connectivity index (χ1) is 10.4. The van der Waals surface area contributed by atoms with E-state index in [1.165, 1.54) is 69.7 Å². The predicted molar refractivity (Wildman–Crippen MR) is 91.4 cm³/mol. The van der Waals surface area contributed by atoms with Gasteiger partial charge in [0.15, 0.2) is 0 Å². The van der Waals surface area contributed by atoms with E-state index in [1.54, 1.807) is 0 Å². The van der Waals surface area contributed by atoms with Gasteiger partial charge >= 0.3 is 0 Å². The van der Waals surface area contributed by atoms with Crippen LogP contribution < -0.4 is 15.1 Å². The molecule has 3 rings (SSSR count). The van der Waals surface area contributed by atoms with Gasteiger partial charge in [0, 0.05) is 43.6 Å². The molecule has 0 aromatic heterocycles. The molecule has 3 nitrogen and oxygen atoms in total. The molecule has 2 fully saturated rings. The van der Waals surface area contributed by atoms with E-state index in [0.29, 0.717) is 6.04 Å². The highest BCUT2D eigenvalue weighted by Crippen LogP contribution is 2.24. The molecule has 0 saturated carbocycles. The van der Waals surface area contributed by atoms with Gasteiger partial charge in [-0.05, 0) is 62.9 Å². The normalized spacial score (nSPS) is 24.0. The molecule has 2 aliphatic rings. The van der Waals surface area contributed by atoms with Gasteiger partial charge in [-0.3, -0.25) is 0 Å². The maximum atomic E-state index is 3.66. The fourth-order valence-corrected chi connectivity index (χ4v) is 3.56. The number of hydrogen-bond donors (Lipinski definition) is 1. The van der Waals surface area contributed by atoms with Crippen LogP contribution in [-0.4, -0.2) is 38.8 Å². The van der Waals surface area contributed by atoms with Gasteiger partial charge < -0.3 is 15.1 Å². The molecule has 116 valence electrons. The largest absolute Gasteiger partial charge is 0.372 e. The highest BCUT2D eigenvalue weighted by molar-refractivity contribution is 5.56. The maximum Gasteiger partial charge on any atom is 0.0367 e. The Morgan fingerprint density at radius 2 is 1.48 bits per heavy atom. The minimum absolute atomic E-state index is 0.691. The molecule has 2 saturated heterocycles. The summed E-state index contributed by atoms with van der Waals surface area (Å²) in [7, 11) is 0. The summed E-state index contributed by atoms with van der Waals surface area (Å²) in [6.07, 6.45) is 6.43. The van der Waals surface area contributed by atoms with Crippen molar-refractivity contribution in [1.29, 1.82) is 0 Å². The lowest BCUT2D eigenvalue weighted by Crippen LogP contribution is -2.39. The molecule has 1 aromatic carbocycles. The standard InChI is InChI=1S/C18H29N3/c1-2-16-10-15-21(14-5-11-19-16)18-8-6-17(7-9-18)20-12-3-4-13-20/h6-9,16,19H,2-5,10-15H2,1H3. The van der Waals surface area contributed by atoms with E-state index < -0.39 is 0 Å². The second kappa shape index (κ2) is 7.17. The lowest BCUT2D eigenvalue weighted by atomic mass is 10.1. The van der Waals surface area contributed by atoms with Crippen LogP contribution in [0, 0.1) is 0 Å². The molecule has 0 radical (unpaired) electrons. The van der Waals surface area contributed by atoms with Crippen LogP contribution in [0.25, 0.3) is 0 Å². The van der Waals surface area contributed by atoms with Crippen LogP contribution in [0.3, 0.4) is 0 Å². The molecular weight excluding hydrogens is 258 g/mol. The highest BCUT2D eigenvalue weighted by atomic mass is 15.2. The zero-order valence-corrected chi connectivity index (χ0v) is 13.4. The summed E-state index contributed by atoms with van der Waals surface area (Å²) in [5.74, 6) is 0. The number of nitrogens with zero attached hydrogens (tertiary/aromatic N) is 2. The van der Waals surface area contributed by atoms with Crippen molar-refractivity contribution in [3.63, 3.8) is 0 Å². The average molecular weight is 287 g/mol. The Morgan fingerprint density at radius 1 is 0.905 bits per heavy atom. The smallest absolute Gasteiger partial charge is 0.0367 e. The fourth-order valence-electron chi connectivity index (χ4n) is 3.56. The van der Waals surface area contributed by atoms with E-state index in [0.717, 1.165) is 6.54 Å². The number of benzene rings is 1. The van der Waals surface area contributed by atoms with Crippen molar-refractivity contribution in [2.24, 2.45) is 0 Å².